The Labute approximate surface area is 84.4 Å². The summed E-state index contributed by atoms with van der Waals surface area (Å²) in [5, 5.41) is 5.54. The van der Waals surface area contributed by atoms with Crippen molar-refractivity contribution in [2.75, 3.05) is 0 Å². The molecule has 4 nitrogen and oxygen atoms in total. The van der Waals surface area contributed by atoms with Crippen molar-refractivity contribution in [3.8, 4) is 0 Å². The molecule has 0 spiro atoms. The van der Waals surface area contributed by atoms with Crippen molar-refractivity contribution >= 4 is 11.8 Å². The van der Waals surface area contributed by atoms with Crippen LogP contribution in [0.5, 0.6) is 0 Å². The summed E-state index contributed by atoms with van der Waals surface area (Å²) in [7, 11) is 0. The molecule has 0 bridgehead atoms. The van der Waals surface area contributed by atoms with E-state index in [9.17, 15) is 9.59 Å². The first-order valence-corrected chi connectivity index (χ1v) is 5.12. The highest BCUT2D eigenvalue weighted by Crippen LogP contribution is 2.16. The van der Waals surface area contributed by atoms with Crippen LogP contribution in [0.1, 0.15) is 40.0 Å². The third-order valence-corrected chi connectivity index (χ3v) is 3.05. The Morgan fingerprint density at radius 1 is 1.43 bits per heavy atom. The summed E-state index contributed by atoms with van der Waals surface area (Å²) in [6, 6.07) is -0.340. The predicted octanol–water partition coefficient (Wildman–Crippen LogP) is 0.570. The summed E-state index contributed by atoms with van der Waals surface area (Å²) in [5.41, 5.74) is -0.0490. The third kappa shape index (κ3) is 2.32. The number of imide groups is 1. The van der Waals surface area contributed by atoms with Gasteiger partial charge in [0.15, 0.2) is 0 Å². The van der Waals surface area contributed by atoms with Crippen LogP contribution in [0, 0.1) is 0 Å². The summed E-state index contributed by atoms with van der Waals surface area (Å²) in [6.07, 6.45) is 2.16. The molecule has 14 heavy (non-hydrogen) atoms. The number of rotatable bonds is 4. The molecule has 0 aromatic rings. The van der Waals surface area contributed by atoms with Gasteiger partial charge in [0.2, 0.25) is 11.8 Å². The van der Waals surface area contributed by atoms with Gasteiger partial charge in [-0.2, -0.15) is 0 Å². The molecule has 1 atom stereocenters. The molecule has 2 amide bonds. The second-order valence-electron chi connectivity index (χ2n) is 4.08. The molecule has 0 aliphatic carbocycles. The van der Waals surface area contributed by atoms with E-state index in [1.54, 1.807) is 0 Å². The third-order valence-electron chi connectivity index (χ3n) is 3.05. The Kier molecular flexibility index (Phi) is 3.26. The molecular weight excluding hydrogens is 180 g/mol. The van der Waals surface area contributed by atoms with E-state index in [0.29, 0.717) is 0 Å². The quantitative estimate of drug-likeness (QED) is 0.649. The molecule has 4 heteroatoms. The van der Waals surface area contributed by atoms with E-state index >= 15 is 0 Å². The van der Waals surface area contributed by atoms with E-state index in [-0.39, 0.29) is 29.8 Å². The molecule has 2 N–H and O–H groups in total. The van der Waals surface area contributed by atoms with Crippen LogP contribution in [0.4, 0.5) is 0 Å². The molecule has 0 aromatic carbocycles. The van der Waals surface area contributed by atoms with Gasteiger partial charge in [-0.25, -0.2) is 0 Å². The maximum atomic E-state index is 11.3. The standard InChI is InChI=1S/C10H18N2O2/c1-4-10(3,5-2)12-7-6-8(13)11-9(7)14/h7,12H,4-6H2,1-3H3,(H,11,13,14). The van der Waals surface area contributed by atoms with Crippen molar-refractivity contribution in [1.29, 1.82) is 0 Å². The zero-order chi connectivity index (χ0) is 10.8. The molecule has 1 unspecified atom stereocenters. The highest BCUT2D eigenvalue weighted by molar-refractivity contribution is 6.05. The first-order chi connectivity index (χ1) is 6.50. The Morgan fingerprint density at radius 2 is 2.00 bits per heavy atom. The van der Waals surface area contributed by atoms with E-state index in [2.05, 4.69) is 31.4 Å². The van der Waals surface area contributed by atoms with Gasteiger partial charge in [-0.05, 0) is 19.8 Å². The second kappa shape index (κ2) is 4.09. The van der Waals surface area contributed by atoms with Crippen molar-refractivity contribution in [2.45, 2.75) is 51.6 Å². The average Bonchev–Trinajstić information content (AvgIpc) is 2.45. The zero-order valence-corrected chi connectivity index (χ0v) is 9.02. The van der Waals surface area contributed by atoms with E-state index < -0.39 is 0 Å². The lowest BCUT2D eigenvalue weighted by Gasteiger charge is -2.30. The lowest BCUT2D eigenvalue weighted by Crippen LogP contribution is -2.50. The van der Waals surface area contributed by atoms with E-state index in [1.165, 1.54) is 0 Å². The lowest BCUT2D eigenvalue weighted by molar-refractivity contribution is -0.125. The van der Waals surface area contributed by atoms with Gasteiger partial charge in [0.1, 0.15) is 0 Å². The van der Waals surface area contributed by atoms with Gasteiger partial charge < -0.3 is 5.32 Å². The van der Waals surface area contributed by atoms with E-state index in [4.69, 9.17) is 0 Å². The number of nitrogens with one attached hydrogen (secondary N) is 2. The van der Waals surface area contributed by atoms with Crippen LogP contribution in [-0.2, 0) is 9.59 Å². The summed E-state index contributed by atoms with van der Waals surface area (Å²) in [5.74, 6) is -0.370. The van der Waals surface area contributed by atoms with Crippen molar-refractivity contribution in [1.82, 2.24) is 10.6 Å². The normalized spacial score (nSPS) is 22.6. The molecule has 1 aliphatic rings. The Balaban J connectivity index is 2.59. The van der Waals surface area contributed by atoms with Crippen LogP contribution in [0.25, 0.3) is 0 Å². The minimum Gasteiger partial charge on any atom is -0.300 e. The van der Waals surface area contributed by atoms with Crippen LogP contribution in [-0.4, -0.2) is 23.4 Å². The predicted molar refractivity (Wildman–Crippen MR) is 53.7 cm³/mol. The fraction of sp³-hybridized carbons (Fsp3) is 0.800. The van der Waals surface area contributed by atoms with Crippen LogP contribution in [0.3, 0.4) is 0 Å². The smallest absolute Gasteiger partial charge is 0.244 e. The Hall–Kier alpha value is -0.900. The number of amides is 2. The number of carbonyl (C=O) groups is 2. The highest BCUT2D eigenvalue weighted by Gasteiger charge is 2.34. The number of hydrogen-bond acceptors (Lipinski definition) is 3. The maximum Gasteiger partial charge on any atom is 0.244 e. The molecule has 1 rings (SSSR count). The van der Waals surface area contributed by atoms with Crippen molar-refractivity contribution < 1.29 is 9.59 Å². The molecular formula is C10H18N2O2. The van der Waals surface area contributed by atoms with Crippen molar-refractivity contribution in [2.24, 2.45) is 0 Å². The van der Waals surface area contributed by atoms with Gasteiger partial charge in [0, 0.05) is 5.54 Å². The van der Waals surface area contributed by atoms with Gasteiger partial charge in [0.05, 0.1) is 12.5 Å². The first kappa shape index (κ1) is 11.2. The van der Waals surface area contributed by atoms with Gasteiger partial charge in [-0.15, -0.1) is 0 Å². The summed E-state index contributed by atoms with van der Waals surface area (Å²) in [4.78, 5) is 22.3. The maximum absolute atomic E-state index is 11.3. The van der Waals surface area contributed by atoms with Crippen LogP contribution >= 0.6 is 0 Å². The summed E-state index contributed by atoms with van der Waals surface area (Å²) >= 11 is 0. The Morgan fingerprint density at radius 3 is 2.36 bits per heavy atom. The topological polar surface area (TPSA) is 58.2 Å². The second-order valence-corrected chi connectivity index (χ2v) is 4.08. The molecule has 1 heterocycles. The van der Waals surface area contributed by atoms with Gasteiger partial charge in [-0.3, -0.25) is 14.9 Å². The highest BCUT2D eigenvalue weighted by atomic mass is 16.2. The van der Waals surface area contributed by atoms with Gasteiger partial charge in [-0.1, -0.05) is 13.8 Å². The minimum absolute atomic E-state index is 0.0490. The van der Waals surface area contributed by atoms with E-state index in [1.807, 2.05) is 0 Å². The molecule has 1 aliphatic heterocycles. The lowest BCUT2D eigenvalue weighted by atomic mass is 9.94. The van der Waals surface area contributed by atoms with Crippen molar-refractivity contribution in [3.63, 3.8) is 0 Å². The minimum atomic E-state index is -0.340. The molecule has 1 saturated heterocycles. The van der Waals surface area contributed by atoms with Crippen molar-refractivity contribution in [3.05, 3.63) is 0 Å². The first-order valence-electron chi connectivity index (χ1n) is 5.12. The fourth-order valence-corrected chi connectivity index (χ4v) is 1.54. The van der Waals surface area contributed by atoms with Gasteiger partial charge >= 0.3 is 0 Å². The summed E-state index contributed by atoms with van der Waals surface area (Å²) in [6.45, 7) is 6.22. The zero-order valence-electron chi connectivity index (χ0n) is 9.02. The molecule has 0 saturated carbocycles. The number of carbonyl (C=O) groups excluding carboxylic acids is 2. The largest absolute Gasteiger partial charge is 0.300 e. The van der Waals surface area contributed by atoms with Crippen LogP contribution < -0.4 is 10.6 Å². The fourth-order valence-electron chi connectivity index (χ4n) is 1.54. The average molecular weight is 198 g/mol. The number of hydrogen-bond donors (Lipinski definition) is 2. The molecule has 80 valence electrons. The SMILES string of the molecule is CCC(C)(CC)NC1CC(=O)NC1=O. The summed E-state index contributed by atoms with van der Waals surface area (Å²) < 4.78 is 0. The molecule has 1 fully saturated rings. The molecule has 0 radical (unpaired) electrons. The van der Waals surface area contributed by atoms with Crippen LogP contribution in [0.15, 0.2) is 0 Å². The van der Waals surface area contributed by atoms with Gasteiger partial charge in [0.25, 0.3) is 0 Å². The van der Waals surface area contributed by atoms with E-state index in [0.717, 1.165) is 12.8 Å². The monoisotopic (exact) mass is 198 g/mol. The molecule has 0 aromatic heterocycles. The van der Waals surface area contributed by atoms with Crippen LogP contribution in [0.2, 0.25) is 0 Å². The Bertz CT molecular complexity index is 247.